The van der Waals surface area contributed by atoms with E-state index in [0.29, 0.717) is 18.7 Å². The lowest BCUT2D eigenvalue weighted by atomic mass is 10.2. The number of carbonyl (C=O) groups excluding carboxylic acids is 1. The summed E-state index contributed by atoms with van der Waals surface area (Å²) in [6, 6.07) is -0.545. The maximum absolute atomic E-state index is 12.1. The molecule has 1 atom stereocenters. The molecule has 7 nitrogen and oxygen atoms in total. The summed E-state index contributed by atoms with van der Waals surface area (Å²) in [5, 5.41) is 16.2. The van der Waals surface area contributed by atoms with E-state index in [0.717, 1.165) is 17.8 Å². The predicted octanol–water partition coefficient (Wildman–Crippen LogP) is 0.524. The van der Waals surface area contributed by atoms with Crippen molar-refractivity contribution < 1.29 is 14.7 Å². The summed E-state index contributed by atoms with van der Waals surface area (Å²) in [7, 11) is 1.82. The average molecular weight is 280 g/mol. The number of carboxylic acids is 1. The van der Waals surface area contributed by atoms with Gasteiger partial charge in [0.2, 0.25) is 5.91 Å². The van der Waals surface area contributed by atoms with Crippen LogP contribution in [0.4, 0.5) is 5.69 Å². The third-order valence-electron chi connectivity index (χ3n) is 3.77. The molecule has 1 aromatic heterocycles. The molecule has 0 radical (unpaired) electrons. The molecule has 7 heteroatoms. The first-order valence-corrected chi connectivity index (χ1v) is 6.67. The molecule has 0 aliphatic carbocycles. The number of nitrogens with one attached hydrogen (secondary N) is 1. The molecule has 2 rings (SSSR count). The predicted molar refractivity (Wildman–Crippen MR) is 73.5 cm³/mol. The van der Waals surface area contributed by atoms with Crippen LogP contribution in [0.3, 0.4) is 0 Å². The van der Waals surface area contributed by atoms with Crippen molar-refractivity contribution in [1.82, 2.24) is 14.7 Å². The van der Waals surface area contributed by atoms with Gasteiger partial charge in [0.05, 0.1) is 23.6 Å². The van der Waals surface area contributed by atoms with Crippen LogP contribution in [0, 0.1) is 13.8 Å². The van der Waals surface area contributed by atoms with Gasteiger partial charge in [0, 0.05) is 7.05 Å². The number of aryl methyl sites for hydroxylation is 2. The maximum Gasteiger partial charge on any atom is 0.320 e. The van der Waals surface area contributed by atoms with Crippen molar-refractivity contribution in [2.45, 2.75) is 32.7 Å². The number of hydrogen-bond acceptors (Lipinski definition) is 4. The first-order valence-electron chi connectivity index (χ1n) is 6.67. The first-order chi connectivity index (χ1) is 9.40. The molecule has 20 heavy (non-hydrogen) atoms. The van der Waals surface area contributed by atoms with Crippen LogP contribution in [0.2, 0.25) is 0 Å². The molecule has 1 aromatic rings. The highest BCUT2D eigenvalue weighted by Gasteiger charge is 2.31. The Bertz CT molecular complexity index is 538. The minimum Gasteiger partial charge on any atom is -0.480 e. The van der Waals surface area contributed by atoms with Gasteiger partial charge < -0.3 is 10.4 Å². The zero-order valence-electron chi connectivity index (χ0n) is 12.0. The molecular weight excluding hydrogens is 260 g/mol. The van der Waals surface area contributed by atoms with Gasteiger partial charge in [-0.1, -0.05) is 0 Å². The molecule has 0 spiro atoms. The van der Waals surface area contributed by atoms with E-state index in [-0.39, 0.29) is 12.5 Å². The van der Waals surface area contributed by atoms with Gasteiger partial charge in [-0.3, -0.25) is 19.2 Å². The lowest BCUT2D eigenvalue weighted by molar-refractivity contribution is -0.142. The lowest BCUT2D eigenvalue weighted by Gasteiger charge is -2.20. The lowest BCUT2D eigenvalue weighted by Crippen LogP contribution is -2.41. The Balaban J connectivity index is 2.01. The number of aromatic nitrogens is 2. The summed E-state index contributed by atoms with van der Waals surface area (Å²) in [6.07, 6.45) is 1.42. The van der Waals surface area contributed by atoms with E-state index in [1.54, 1.807) is 9.58 Å². The van der Waals surface area contributed by atoms with E-state index in [4.69, 9.17) is 5.11 Å². The molecule has 1 amide bonds. The highest BCUT2D eigenvalue weighted by atomic mass is 16.4. The van der Waals surface area contributed by atoms with Gasteiger partial charge in [-0.25, -0.2) is 0 Å². The van der Waals surface area contributed by atoms with E-state index in [9.17, 15) is 9.59 Å². The van der Waals surface area contributed by atoms with Crippen molar-refractivity contribution >= 4 is 17.6 Å². The van der Waals surface area contributed by atoms with Gasteiger partial charge in [0.15, 0.2) is 0 Å². The van der Waals surface area contributed by atoms with Crippen molar-refractivity contribution in [1.29, 1.82) is 0 Å². The zero-order valence-corrected chi connectivity index (χ0v) is 12.0. The zero-order chi connectivity index (χ0) is 14.9. The number of aliphatic carboxylic acids is 1. The van der Waals surface area contributed by atoms with Crippen LogP contribution in [0.15, 0.2) is 0 Å². The Labute approximate surface area is 117 Å². The summed E-state index contributed by atoms with van der Waals surface area (Å²) in [6.45, 7) is 4.46. The van der Waals surface area contributed by atoms with Crippen molar-refractivity contribution in [3.63, 3.8) is 0 Å². The highest BCUT2D eigenvalue weighted by molar-refractivity contribution is 5.93. The maximum atomic E-state index is 12.1. The molecule has 0 saturated carbocycles. The Morgan fingerprint density at radius 1 is 1.45 bits per heavy atom. The van der Waals surface area contributed by atoms with Gasteiger partial charge in [-0.2, -0.15) is 5.10 Å². The van der Waals surface area contributed by atoms with Crippen LogP contribution in [0.1, 0.15) is 24.2 Å². The van der Waals surface area contributed by atoms with Crippen LogP contribution in [-0.2, 0) is 16.6 Å². The molecule has 2 N–H and O–H groups in total. The van der Waals surface area contributed by atoms with Gasteiger partial charge in [-0.15, -0.1) is 0 Å². The van der Waals surface area contributed by atoms with Gasteiger partial charge in [0.25, 0.3) is 0 Å². The molecule has 0 aromatic carbocycles. The minimum absolute atomic E-state index is 0.102. The smallest absolute Gasteiger partial charge is 0.320 e. The summed E-state index contributed by atoms with van der Waals surface area (Å²) in [5.41, 5.74) is 2.35. The molecule has 1 unspecified atom stereocenters. The molecule has 1 aliphatic rings. The van der Waals surface area contributed by atoms with E-state index in [1.807, 2.05) is 20.9 Å². The molecule has 1 aliphatic heterocycles. The van der Waals surface area contributed by atoms with Gasteiger partial charge >= 0.3 is 5.97 Å². The number of hydrogen-bond donors (Lipinski definition) is 2. The molecule has 1 saturated heterocycles. The highest BCUT2D eigenvalue weighted by Crippen LogP contribution is 2.20. The standard InChI is InChI=1S/C13H20N4O3/c1-8-12(9(2)16(3)15-8)14-11(18)7-17-6-4-5-10(17)13(19)20/h10H,4-7H2,1-3H3,(H,14,18)(H,19,20). The minimum atomic E-state index is -0.857. The summed E-state index contributed by atoms with van der Waals surface area (Å²) < 4.78 is 1.71. The Kier molecular flexibility index (Phi) is 4.08. The fraction of sp³-hybridized carbons (Fsp3) is 0.615. The van der Waals surface area contributed by atoms with E-state index in [1.165, 1.54) is 0 Å². The average Bonchev–Trinajstić information content (AvgIpc) is 2.90. The summed E-state index contributed by atoms with van der Waals surface area (Å²) in [5.74, 6) is -1.05. The monoisotopic (exact) mass is 280 g/mol. The Morgan fingerprint density at radius 3 is 2.70 bits per heavy atom. The quantitative estimate of drug-likeness (QED) is 0.839. The van der Waals surface area contributed by atoms with Crippen molar-refractivity contribution in [3.8, 4) is 0 Å². The second-order valence-electron chi connectivity index (χ2n) is 5.18. The molecular formula is C13H20N4O3. The molecule has 1 fully saturated rings. The SMILES string of the molecule is Cc1nn(C)c(C)c1NC(=O)CN1CCCC1C(=O)O. The number of anilines is 1. The number of amides is 1. The number of carbonyl (C=O) groups is 2. The van der Waals surface area contributed by atoms with Crippen LogP contribution < -0.4 is 5.32 Å². The number of carboxylic acid groups (broad SMARTS) is 1. The summed E-state index contributed by atoms with van der Waals surface area (Å²) in [4.78, 5) is 24.9. The molecule has 2 heterocycles. The van der Waals surface area contributed by atoms with Crippen LogP contribution in [0.25, 0.3) is 0 Å². The third-order valence-corrected chi connectivity index (χ3v) is 3.77. The van der Waals surface area contributed by atoms with Crippen molar-refractivity contribution in [3.05, 3.63) is 11.4 Å². The molecule has 110 valence electrons. The van der Waals surface area contributed by atoms with E-state index >= 15 is 0 Å². The van der Waals surface area contributed by atoms with Crippen LogP contribution in [-0.4, -0.2) is 50.8 Å². The normalized spacial score (nSPS) is 19.2. The van der Waals surface area contributed by atoms with Crippen molar-refractivity contribution in [2.75, 3.05) is 18.4 Å². The fourth-order valence-electron chi connectivity index (χ4n) is 2.61. The largest absolute Gasteiger partial charge is 0.480 e. The molecule has 0 bridgehead atoms. The first kappa shape index (κ1) is 14.5. The van der Waals surface area contributed by atoms with E-state index < -0.39 is 12.0 Å². The van der Waals surface area contributed by atoms with Gasteiger partial charge in [0.1, 0.15) is 6.04 Å². The van der Waals surface area contributed by atoms with Gasteiger partial charge in [-0.05, 0) is 33.2 Å². The van der Waals surface area contributed by atoms with Crippen LogP contribution in [0.5, 0.6) is 0 Å². The van der Waals surface area contributed by atoms with Crippen molar-refractivity contribution in [2.24, 2.45) is 7.05 Å². The Morgan fingerprint density at radius 2 is 2.15 bits per heavy atom. The second kappa shape index (κ2) is 5.62. The number of nitrogens with zero attached hydrogens (tertiary/aromatic N) is 3. The van der Waals surface area contributed by atoms with E-state index in [2.05, 4.69) is 10.4 Å². The van der Waals surface area contributed by atoms with Crippen LogP contribution >= 0.6 is 0 Å². The number of likely N-dealkylation sites (tertiary alicyclic amines) is 1. The fourth-order valence-corrected chi connectivity index (χ4v) is 2.61. The summed E-state index contributed by atoms with van der Waals surface area (Å²) >= 11 is 0. The number of rotatable bonds is 4. The third kappa shape index (κ3) is 2.82. The second-order valence-corrected chi connectivity index (χ2v) is 5.18. The topological polar surface area (TPSA) is 87.5 Å². The Hall–Kier alpha value is -1.89.